The molecule has 4 heteroatoms. The summed E-state index contributed by atoms with van der Waals surface area (Å²) in [5, 5.41) is 6.00. The molecule has 2 aromatic rings. The molecule has 0 radical (unpaired) electrons. The van der Waals surface area contributed by atoms with Gasteiger partial charge in [-0.05, 0) is 42.0 Å². The van der Waals surface area contributed by atoms with Gasteiger partial charge in [0.1, 0.15) is 5.82 Å². The van der Waals surface area contributed by atoms with Crippen molar-refractivity contribution in [1.82, 2.24) is 10.6 Å². The summed E-state index contributed by atoms with van der Waals surface area (Å²) in [6, 6.07) is 16.0. The number of hydrogen-bond acceptors (Lipinski definition) is 1. The third kappa shape index (κ3) is 4.34. The van der Waals surface area contributed by atoms with Crippen molar-refractivity contribution in [3.63, 3.8) is 0 Å². The number of halogens is 1. The molecule has 3 nitrogen and oxygen atoms in total. The Morgan fingerprint density at radius 1 is 1.04 bits per heavy atom. The van der Waals surface area contributed by atoms with Crippen LogP contribution in [0.2, 0.25) is 0 Å². The minimum absolute atomic E-state index is 0.0659. The van der Waals surface area contributed by atoms with E-state index in [9.17, 15) is 9.18 Å². The van der Waals surface area contributed by atoms with Gasteiger partial charge in [-0.1, -0.05) is 55.3 Å². The number of amides is 2. The normalized spacial score (nSPS) is 15.9. The second-order valence-electron chi connectivity index (χ2n) is 6.39. The Kier molecular flexibility index (Phi) is 5.47. The van der Waals surface area contributed by atoms with Gasteiger partial charge in [0, 0.05) is 6.54 Å². The Hall–Kier alpha value is -2.36. The predicted octanol–water partition coefficient (Wildman–Crippen LogP) is 4.56. The summed E-state index contributed by atoms with van der Waals surface area (Å²) in [5.74, 6) is 0.162. The first-order valence-electron chi connectivity index (χ1n) is 8.56. The van der Waals surface area contributed by atoms with Crippen LogP contribution in [-0.4, -0.2) is 6.03 Å². The molecule has 0 aliphatic heterocycles. The number of nitrogens with one attached hydrogen (secondary N) is 2. The van der Waals surface area contributed by atoms with E-state index in [1.165, 1.54) is 25.0 Å². The minimum atomic E-state index is -0.252. The fourth-order valence-electron chi connectivity index (χ4n) is 3.40. The maximum Gasteiger partial charge on any atom is 0.315 e. The summed E-state index contributed by atoms with van der Waals surface area (Å²) in [4.78, 5) is 12.3. The molecule has 0 heterocycles. The van der Waals surface area contributed by atoms with E-state index in [0.29, 0.717) is 12.5 Å². The maximum atomic E-state index is 13.2. The van der Waals surface area contributed by atoms with E-state index in [-0.39, 0.29) is 17.9 Å². The van der Waals surface area contributed by atoms with Crippen LogP contribution in [0.15, 0.2) is 54.6 Å². The van der Waals surface area contributed by atoms with Crippen LogP contribution in [0.3, 0.4) is 0 Å². The lowest BCUT2D eigenvalue weighted by Crippen LogP contribution is -2.40. The molecule has 1 saturated carbocycles. The second-order valence-corrected chi connectivity index (χ2v) is 6.39. The highest BCUT2D eigenvalue weighted by atomic mass is 19.1. The van der Waals surface area contributed by atoms with Gasteiger partial charge in [-0.2, -0.15) is 0 Å². The van der Waals surface area contributed by atoms with E-state index < -0.39 is 0 Å². The average Bonchev–Trinajstić information content (AvgIpc) is 3.14. The lowest BCUT2D eigenvalue weighted by atomic mass is 9.91. The zero-order chi connectivity index (χ0) is 16.8. The zero-order valence-electron chi connectivity index (χ0n) is 13.7. The number of carbonyl (C=O) groups is 1. The molecule has 1 aliphatic rings. The van der Waals surface area contributed by atoms with Gasteiger partial charge >= 0.3 is 6.03 Å². The van der Waals surface area contributed by atoms with Crippen LogP contribution in [0, 0.1) is 11.7 Å². The molecule has 3 rings (SSSR count). The van der Waals surface area contributed by atoms with Crippen molar-refractivity contribution in [2.45, 2.75) is 38.3 Å². The SMILES string of the molecule is O=C(NCc1ccccc1)N[C@@H](c1ccc(F)cc1)C1CCCC1. The molecule has 1 atom stereocenters. The first-order chi connectivity index (χ1) is 11.7. The third-order valence-corrected chi connectivity index (χ3v) is 4.68. The highest BCUT2D eigenvalue weighted by molar-refractivity contribution is 5.74. The van der Waals surface area contributed by atoms with Crippen molar-refractivity contribution < 1.29 is 9.18 Å². The predicted molar refractivity (Wildman–Crippen MR) is 92.9 cm³/mol. The molecule has 2 N–H and O–H groups in total. The number of hydrogen-bond donors (Lipinski definition) is 2. The Balaban J connectivity index is 1.64. The molecule has 2 aromatic carbocycles. The Morgan fingerprint density at radius 3 is 2.38 bits per heavy atom. The van der Waals surface area contributed by atoms with Gasteiger partial charge in [0.15, 0.2) is 0 Å². The summed E-state index contributed by atoms with van der Waals surface area (Å²) in [7, 11) is 0. The van der Waals surface area contributed by atoms with Gasteiger partial charge in [-0.15, -0.1) is 0 Å². The molecule has 0 unspecified atom stereocenters. The number of rotatable bonds is 5. The molecule has 126 valence electrons. The van der Waals surface area contributed by atoms with Crippen LogP contribution in [0.4, 0.5) is 9.18 Å². The molecule has 2 amide bonds. The minimum Gasteiger partial charge on any atom is -0.334 e. The van der Waals surface area contributed by atoms with Crippen molar-refractivity contribution in [2.24, 2.45) is 5.92 Å². The van der Waals surface area contributed by atoms with E-state index >= 15 is 0 Å². The van der Waals surface area contributed by atoms with Gasteiger partial charge in [-0.25, -0.2) is 9.18 Å². The fourth-order valence-corrected chi connectivity index (χ4v) is 3.40. The van der Waals surface area contributed by atoms with Gasteiger partial charge in [0.05, 0.1) is 6.04 Å². The van der Waals surface area contributed by atoms with Crippen LogP contribution in [0.25, 0.3) is 0 Å². The van der Waals surface area contributed by atoms with E-state index in [4.69, 9.17) is 0 Å². The molecule has 1 aliphatic carbocycles. The molecular formula is C20H23FN2O. The highest BCUT2D eigenvalue weighted by Crippen LogP contribution is 2.35. The molecule has 0 saturated heterocycles. The molecule has 24 heavy (non-hydrogen) atoms. The molecule has 0 aromatic heterocycles. The third-order valence-electron chi connectivity index (χ3n) is 4.68. The van der Waals surface area contributed by atoms with Crippen LogP contribution in [-0.2, 0) is 6.54 Å². The van der Waals surface area contributed by atoms with E-state index in [1.54, 1.807) is 12.1 Å². The molecule has 0 spiro atoms. The van der Waals surface area contributed by atoms with Gasteiger partial charge < -0.3 is 10.6 Å². The number of benzene rings is 2. The van der Waals surface area contributed by atoms with Crippen LogP contribution >= 0.6 is 0 Å². The average molecular weight is 326 g/mol. The van der Waals surface area contributed by atoms with Crippen molar-refractivity contribution >= 4 is 6.03 Å². The Morgan fingerprint density at radius 2 is 1.71 bits per heavy atom. The van der Waals surface area contributed by atoms with Crippen LogP contribution < -0.4 is 10.6 Å². The maximum absolute atomic E-state index is 13.2. The summed E-state index contributed by atoms with van der Waals surface area (Å²) < 4.78 is 13.2. The second kappa shape index (κ2) is 7.95. The molecule has 0 bridgehead atoms. The summed E-state index contributed by atoms with van der Waals surface area (Å²) in [6.45, 7) is 0.494. The smallest absolute Gasteiger partial charge is 0.315 e. The van der Waals surface area contributed by atoms with Crippen LogP contribution in [0.1, 0.15) is 42.9 Å². The van der Waals surface area contributed by atoms with E-state index in [0.717, 1.165) is 24.0 Å². The van der Waals surface area contributed by atoms with Gasteiger partial charge in [-0.3, -0.25) is 0 Å². The van der Waals surface area contributed by atoms with Crippen molar-refractivity contribution in [3.8, 4) is 0 Å². The van der Waals surface area contributed by atoms with Gasteiger partial charge in [0.25, 0.3) is 0 Å². The zero-order valence-corrected chi connectivity index (χ0v) is 13.7. The first kappa shape index (κ1) is 16.5. The highest BCUT2D eigenvalue weighted by Gasteiger charge is 2.27. The molecular weight excluding hydrogens is 303 g/mol. The molecule has 1 fully saturated rings. The van der Waals surface area contributed by atoms with E-state index in [1.807, 2.05) is 30.3 Å². The van der Waals surface area contributed by atoms with Crippen molar-refractivity contribution in [1.29, 1.82) is 0 Å². The largest absolute Gasteiger partial charge is 0.334 e. The topological polar surface area (TPSA) is 41.1 Å². The monoisotopic (exact) mass is 326 g/mol. The Labute approximate surface area is 142 Å². The quantitative estimate of drug-likeness (QED) is 0.831. The van der Waals surface area contributed by atoms with E-state index in [2.05, 4.69) is 10.6 Å². The van der Waals surface area contributed by atoms with Crippen LogP contribution in [0.5, 0.6) is 0 Å². The number of carbonyl (C=O) groups excluding carboxylic acids is 1. The first-order valence-corrected chi connectivity index (χ1v) is 8.56. The lowest BCUT2D eigenvalue weighted by molar-refractivity contribution is 0.230. The number of urea groups is 1. The van der Waals surface area contributed by atoms with Crippen molar-refractivity contribution in [2.75, 3.05) is 0 Å². The lowest BCUT2D eigenvalue weighted by Gasteiger charge is -2.25. The Bertz CT molecular complexity index is 651. The van der Waals surface area contributed by atoms with Crippen molar-refractivity contribution in [3.05, 3.63) is 71.5 Å². The summed E-state index contributed by atoms with van der Waals surface area (Å²) in [5.41, 5.74) is 2.03. The summed E-state index contributed by atoms with van der Waals surface area (Å²) >= 11 is 0. The summed E-state index contributed by atoms with van der Waals surface area (Å²) in [6.07, 6.45) is 4.58. The standard InChI is InChI=1S/C20H23FN2O/c21-18-12-10-17(11-13-18)19(16-8-4-5-9-16)23-20(24)22-14-15-6-2-1-3-7-15/h1-3,6-7,10-13,16,19H,4-5,8-9,14H2,(H2,22,23,24)/t19-/m1/s1. The fraction of sp³-hybridized carbons (Fsp3) is 0.350. The van der Waals surface area contributed by atoms with Gasteiger partial charge in [0.2, 0.25) is 0 Å².